The molecule has 0 atom stereocenters. The van der Waals surface area contributed by atoms with Gasteiger partial charge in [0.15, 0.2) is 0 Å². The highest BCUT2D eigenvalue weighted by atomic mass is 16.6. The van der Waals surface area contributed by atoms with E-state index in [1.807, 2.05) is 38.1 Å². The van der Waals surface area contributed by atoms with Gasteiger partial charge < -0.3 is 0 Å². The molecule has 0 aliphatic carbocycles. The maximum Gasteiger partial charge on any atom is 0.271 e. The van der Waals surface area contributed by atoms with E-state index < -0.39 is 9.85 Å². The minimum atomic E-state index is -0.449. The number of non-ortho nitro benzene ring substituents is 2. The molecule has 0 aromatic heterocycles. The zero-order valence-electron chi connectivity index (χ0n) is 16.4. The topological polar surface area (TPSA) is 111 Å². The van der Waals surface area contributed by atoms with Crippen molar-refractivity contribution in [2.24, 2.45) is 9.98 Å². The van der Waals surface area contributed by atoms with Crippen LogP contribution in [-0.4, -0.2) is 22.3 Å². The van der Waals surface area contributed by atoms with Gasteiger partial charge in [0.05, 0.1) is 21.2 Å². The van der Waals surface area contributed by atoms with E-state index in [0.717, 1.165) is 22.3 Å². The summed E-state index contributed by atoms with van der Waals surface area (Å²) in [5, 5.41) is 21.8. The van der Waals surface area contributed by atoms with Gasteiger partial charge >= 0.3 is 0 Å². The fourth-order valence-electron chi connectivity index (χ4n) is 2.66. The molecule has 0 bridgehead atoms. The van der Waals surface area contributed by atoms with Crippen molar-refractivity contribution in [2.45, 2.75) is 13.8 Å². The molecular formula is C22H18N4O4. The summed E-state index contributed by atoms with van der Waals surface area (Å²) in [5.41, 5.74) is 4.40. The van der Waals surface area contributed by atoms with Crippen LogP contribution in [0.4, 0.5) is 22.7 Å². The van der Waals surface area contributed by atoms with Crippen molar-refractivity contribution >= 4 is 35.2 Å². The highest BCUT2D eigenvalue weighted by Crippen LogP contribution is 2.25. The number of rotatable bonds is 6. The smallest absolute Gasteiger partial charge is 0.258 e. The van der Waals surface area contributed by atoms with Gasteiger partial charge in [-0.15, -0.1) is 0 Å². The van der Waals surface area contributed by atoms with Crippen molar-refractivity contribution in [1.82, 2.24) is 0 Å². The van der Waals surface area contributed by atoms with Crippen LogP contribution in [0.1, 0.15) is 22.3 Å². The molecule has 0 radical (unpaired) electrons. The number of nitrogens with zero attached hydrogens (tertiary/aromatic N) is 4. The van der Waals surface area contributed by atoms with Crippen LogP contribution in [0.15, 0.2) is 70.6 Å². The third-order valence-corrected chi connectivity index (χ3v) is 4.45. The summed E-state index contributed by atoms with van der Waals surface area (Å²) in [7, 11) is 0. The molecule has 3 rings (SSSR count). The van der Waals surface area contributed by atoms with Crippen molar-refractivity contribution in [3.05, 3.63) is 103 Å². The van der Waals surface area contributed by atoms with Crippen molar-refractivity contribution in [3.63, 3.8) is 0 Å². The number of aliphatic imine (C=N–C) groups is 2. The molecule has 150 valence electrons. The molecule has 0 unspecified atom stereocenters. The summed E-state index contributed by atoms with van der Waals surface area (Å²) in [4.78, 5) is 29.7. The Labute approximate surface area is 172 Å². The lowest BCUT2D eigenvalue weighted by molar-refractivity contribution is -0.385. The summed E-state index contributed by atoms with van der Waals surface area (Å²) >= 11 is 0. The molecule has 0 saturated carbocycles. The van der Waals surface area contributed by atoms with Gasteiger partial charge in [0.25, 0.3) is 11.4 Å². The number of nitro benzene ring substituents is 2. The Balaban J connectivity index is 1.76. The summed E-state index contributed by atoms with van der Waals surface area (Å²) in [6.45, 7) is 3.68. The second-order valence-corrected chi connectivity index (χ2v) is 6.64. The van der Waals surface area contributed by atoms with Gasteiger partial charge in [0.1, 0.15) is 0 Å². The van der Waals surface area contributed by atoms with Crippen molar-refractivity contribution in [2.75, 3.05) is 0 Å². The van der Waals surface area contributed by atoms with Gasteiger partial charge in [-0.3, -0.25) is 30.2 Å². The minimum absolute atomic E-state index is 0.00393. The average Bonchev–Trinajstić information content (AvgIpc) is 2.73. The average molecular weight is 402 g/mol. The Morgan fingerprint density at radius 1 is 0.667 bits per heavy atom. The fraction of sp³-hybridized carbons (Fsp3) is 0.0909. The van der Waals surface area contributed by atoms with E-state index in [4.69, 9.17) is 0 Å². The quantitative estimate of drug-likeness (QED) is 0.302. The Hall–Kier alpha value is -4.20. The van der Waals surface area contributed by atoms with E-state index >= 15 is 0 Å². The van der Waals surface area contributed by atoms with Crippen LogP contribution in [0.2, 0.25) is 0 Å². The largest absolute Gasteiger partial charge is 0.271 e. The molecule has 30 heavy (non-hydrogen) atoms. The SMILES string of the molecule is Cc1ccc([N+](=O)[O-])cc1N=Cc1ccc(C=Nc2cc([N+](=O)[O-])ccc2C)cc1. The van der Waals surface area contributed by atoms with Gasteiger partial charge in [0, 0.05) is 36.7 Å². The van der Waals surface area contributed by atoms with Crippen molar-refractivity contribution < 1.29 is 9.85 Å². The third-order valence-electron chi connectivity index (χ3n) is 4.45. The second kappa shape index (κ2) is 8.87. The Morgan fingerprint density at radius 2 is 1.03 bits per heavy atom. The second-order valence-electron chi connectivity index (χ2n) is 6.64. The van der Waals surface area contributed by atoms with Gasteiger partial charge in [-0.25, -0.2) is 0 Å². The monoisotopic (exact) mass is 402 g/mol. The first-order valence-corrected chi connectivity index (χ1v) is 9.02. The molecule has 0 aliphatic heterocycles. The highest BCUT2D eigenvalue weighted by molar-refractivity contribution is 5.86. The molecular weight excluding hydrogens is 384 g/mol. The summed E-state index contributed by atoms with van der Waals surface area (Å²) in [6.07, 6.45) is 3.27. The molecule has 0 aliphatic rings. The maximum atomic E-state index is 10.9. The molecule has 3 aromatic carbocycles. The van der Waals surface area contributed by atoms with Gasteiger partial charge in [-0.1, -0.05) is 36.4 Å². The predicted octanol–water partition coefficient (Wildman–Crippen LogP) is 5.62. The first-order valence-electron chi connectivity index (χ1n) is 9.02. The zero-order valence-corrected chi connectivity index (χ0v) is 16.4. The molecule has 0 amide bonds. The molecule has 8 nitrogen and oxygen atoms in total. The molecule has 0 saturated heterocycles. The zero-order chi connectivity index (χ0) is 21.7. The van der Waals surface area contributed by atoms with E-state index in [9.17, 15) is 20.2 Å². The van der Waals surface area contributed by atoms with Gasteiger partial charge in [0.2, 0.25) is 0 Å². The first-order chi connectivity index (χ1) is 14.3. The standard InChI is InChI=1S/C22H18N4O4/c1-15-3-9-19(25(27)28)11-21(15)23-13-17-5-7-18(8-6-17)14-24-22-12-20(26(29)30)10-4-16(22)2/h3-14H,1-2H3. The normalized spacial score (nSPS) is 11.3. The minimum Gasteiger partial charge on any atom is -0.258 e. The summed E-state index contributed by atoms with van der Waals surface area (Å²) < 4.78 is 0. The van der Waals surface area contributed by atoms with E-state index in [1.54, 1.807) is 24.6 Å². The molecule has 0 N–H and O–H groups in total. The fourth-order valence-corrected chi connectivity index (χ4v) is 2.66. The highest BCUT2D eigenvalue weighted by Gasteiger charge is 2.08. The lowest BCUT2D eigenvalue weighted by atomic mass is 10.1. The number of aryl methyl sites for hydroxylation is 2. The van der Waals surface area contributed by atoms with E-state index in [1.165, 1.54) is 24.3 Å². The van der Waals surface area contributed by atoms with E-state index in [-0.39, 0.29) is 11.4 Å². The predicted molar refractivity (Wildman–Crippen MR) is 117 cm³/mol. The summed E-state index contributed by atoms with van der Waals surface area (Å²) in [5.74, 6) is 0. The Morgan fingerprint density at radius 3 is 1.37 bits per heavy atom. The van der Waals surface area contributed by atoms with Crippen LogP contribution in [0, 0.1) is 34.1 Å². The number of hydrogen-bond donors (Lipinski definition) is 0. The lowest BCUT2D eigenvalue weighted by Gasteiger charge is -2.01. The third kappa shape index (κ3) is 4.99. The molecule has 0 fully saturated rings. The van der Waals surface area contributed by atoms with Crippen LogP contribution in [0.5, 0.6) is 0 Å². The van der Waals surface area contributed by atoms with E-state index in [2.05, 4.69) is 9.98 Å². The van der Waals surface area contributed by atoms with Gasteiger partial charge in [-0.05, 0) is 36.1 Å². The van der Waals surface area contributed by atoms with Crippen molar-refractivity contribution in [3.8, 4) is 0 Å². The van der Waals surface area contributed by atoms with Crippen LogP contribution in [0.25, 0.3) is 0 Å². The summed E-state index contributed by atoms with van der Waals surface area (Å²) in [6, 6.07) is 16.5. The number of nitro groups is 2. The maximum absolute atomic E-state index is 10.9. The van der Waals surface area contributed by atoms with E-state index in [0.29, 0.717) is 11.4 Å². The number of hydrogen-bond acceptors (Lipinski definition) is 6. The van der Waals surface area contributed by atoms with Crippen LogP contribution >= 0.6 is 0 Å². The Bertz CT molecular complexity index is 1080. The van der Waals surface area contributed by atoms with Crippen LogP contribution < -0.4 is 0 Å². The molecule has 0 heterocycles. The van der Waals surface area contributed by atoms with Crippen molar-refractivity contribution in [1.29, 1.82) is 0 Å². The Kier molecular flexibility index (Phi) is 6.07. The number of benzene rings is 3. The van der Waals surface area contributed by atoms with Crippen LogP contribution in [0.3, 0.4) is 0 Å². The molecule has 3 aromatic rings. The lowest BCUT2D eigenvalue weighted by Crippen LogP contribution is -1.89. The van der Waals surface area contributed by atoms with Gasteiger partial charge in [-0.2, -0.15) is 0 Å². The van der Waals surface area contributed by atoms with Crippen LogP contribution in [-0.2, 0) is 0 Å². The first kappa shape index (κ1) is 20.5. The molecule has 8 heteroatoms. The molecule has 0 spiro atoms.